The smallest absolute Gasteiger partial charge is 0.256 e. The molecule has 1 heterocycles. The largest absolute Gasteiger partial charge is 0.497 e. The molecule has 6 heteroatoms. The molecule has 156 valence electrons. The lowest BCUT2D eigenvalue weighted by molar-refractivity contribution is 0.102. The molecule has 3 aromatic carbocycles. The number of pyridine rings is 1. The lowest BCUT2D eigenvalue weighted by Crippen LogP contribution is -2.14. The average Bonchev–Trinajstić information content (AvgIpc) is 2.83. The summed E-state index contributed by atoms with van der Waals surface area (Å²) in [7, 11) is 4.75. The van der Waals surface area contributed by atoms with E-state index in [1.54, 1.807) is 45.6 Å². The van der Waals surface area contributed by atoms with Crippen molar-refractivity contribution in [1.82, 2.24) is 4.98 Å². The Morgan fingerprint density at radius 2 is 1.58 bits per heavy atom. The van der Waals surface area contributed by atoms with E-state index in [0.717, 1.165) is 22.2 Å². The zero-order valence-corrected chi connectivity index (χ0v) is 17.5. The summed E-state index contributed by atoms with van der Waals surface area (Å²) in [6, 6.07) is 22.2. The summed E-state index contributed by atoms with van der Waals surface area (Å²) in [5.41, 5.74) is 3.35. The van der Waals surface area contributed by atoms with Crippen LogP contribution in [0.5, 0.6) is 17.2 Å². The van der Waals surface area contributed by atoms with Crippen LogP contribution in [-0.4, -0.2) is 32.2 Å². The molecule has 0 atom stereocenters. The van der Waals surface area contributed by atoms with Gasteiger partial charge in [0, 0.05) is 17.0 Å². The monoisotopic (exact) mass is 414 g/mol. The Kier molecular flexibility index (Phi) is 5.71. The third-order valence-electron chi connectivity index (χ3n) is 4.98. The predicted octanol–water partition coefficient (Wildman–Crippen LogP) is 5.18. The van der Waals surface area contributed by atoms with E-state index >= 15 is 0 Å². The first kappa shape index (κ1) is 20.2. The summed E-state index contributed by atoms with van der Waals surface area (Å²) in [5, 5.41) is 3.71. The van der Waals surface area contributed by atoms with Crippen molar-refractivity contribution in [3.63, 3.8) is 0 Å². The summed E-state index contributed by atoms with van der Waals surface area (Å²) in [5.74, 6) is 1.62. The molecule has 0 fully saturated rings. The highest BCUT2D eigenvalue weighted by molar-refractivity contribution is 6.13. The maximum absolute atomic E-state index is 13.3. The second kappa shape index (κ2) is 8.75. The third kappa shape index (κ3) is 4.14. The van der Waals surface area contributed by atoms with Gasteiger partial charge in [-0.25, -0.2) is 4.98 Å². The average molecular weight is 414 g/mol. The van der Waals surface area contributed by atoms with Crippen molar-refractivity contribution in [2.75, 3.05) is 26.6 Å². The standard InChI is InChI=1S/C25H22N2O4/c1-29-17-8-6-7-16(13-17)23-15-20(19-9-4-5-10-21(19)26-23)25(28)27-22-12-11-18(30-2)14-24(22)31-3/h4-15H,1-3H3,(H,27,28). The molecule has 0 aliphatic carbocycles. The van der Waals surface area contributed by atoms with Gasteiger partial charge in [-0.05, 0) is 36.4 Å². The number of amides is 1. The molecule has 0 bridgehead atoms. The highest BCUT2D eigenvalue weighted by atomic mass is 16.5. The predicted molar refractivity (Wildman–Crippen MR) is 121 cm³/mol. The molecule has 6 nitrogen and oxygen atoms in total. The van der Waals surface area contributed by atoms with Gasteiger partial charge in [-0.3, -0.25) is 4.79 Å². The lowest BCUT2D eigenvalue weighted by atomic mass is 10.0. The Morgan fingerprint density at radius 3 is 2.35 bits per heavy atom. The number of carbonyl (C=O) groups excluding carboxylic acids is 1. The minimum Gasteiger partial charge on any atom is -0.497 e. The van der Waals surface area contributed by atoms with Gasteiger partial charge in [0.15, 0.2) is 0 Å². The second-order valence-corrected chi connectivity index (χ2v) is 6.82. The number of methoxy groups -OCH3 is 3. The van der Waals surface area contributed by atoms with Crippen molar-refractivity contribution in [3.05, 3.63) is 78.4 Å². The minimum atomic E-state index is -0.258. The van der Waals surface area contributed by atoms with Gasteiger partial charge in [0.2, 0.25) is 0 Å². The van der Waals surface area contributed by atoms with E-state index in [-0.39, 0.29) is 5.91 Å². The van der Waals surface area contributed by atoms with Crippen LogP contribution < -0.4 is 19.5 Å². The van der Waals surface area contributed by atoms with Crippen molar-refractivity contribution < 1.29 is 19.0 Å². The van der Waals surface area contributed by atoms with Gasteiger partial charge in [0.25, 0.3) is 5.91 Å². The molecule has 1 N–H and O–H groups in total. The minimum absolute atomic E-state index is 0.258. The number of carbonyl (C=O) groups is 1. The van der Waals surface area contributed by atoms with Crippen LogP contribution in [0.4, 0.5) is 5.69 Å². The number of nitrogens with one attached hydrogen (secondary N) is 1. The Hall–Kier alpha value is -4.06. The first-order chi connectivity index (χ1) is 15.1. The number of hydrogen-bond acceptors (Lipinski definition) is 5. The Bertz CT molecular complexity index is 1250. The lowest BCUT2D eigenvalue weighted by Gasteiger charge is -2.14. The quantitative estimate of drug-likeness (QED) is 0.471. The van der Waals surface area contributed by atoms with Crippen molar-refractivity contribution >= 4 is 22.5 Å². The second-order valence-electron chi connectivity index (χ2n) is 6.82. The Labute approximate surface area is 180 Å². The number of aromatic nitrogens is 1. The first-order valence-corrected chi connectivity index (χ1v) is 9.70. The van der Waals surface area contributed by atoms with Crippen LogP contribution in [0.15, 0.2) is 72.8 Å². The summed E-state index contributed by atoms with van der Waals surface area (Å²) >= 11 is 0. The highest BCUT2D eigenvalue weighted by Crippen LogP contribution is 2.31. The summed E-state index contributed by atoms with van der Waals surface area (Å²) < 4.78 is 16.0. The van der Waals surface area contributed by atoms with Crippen molar-refractivity contribution in [2.24, 2.45) is 0 Å². The summed E-state index contributed by atoms with van der Waals surface area (Å²) in [6.45, 7) is 0. The van der Waals surface area contributed by atoms with Crippen LogP contribution in [0.2, 0.25) is 0 Å². The molecular formula is C25H22N2O4. The Balaban J connectivity index is 1.78. The molecule has 1 aromatic heterocycles. The molecular weight excluding hydrogens is 392 g/mol. The normalized spacial score (nSPS) is 10.5. The maximum atomic E-state index is 13.3. The Morgan fingerprint density at radius 1 is 0.806 bits per heavy atom. The zero-order chi connectivity index (χ0) is 21.8. The van der Waals surface area contributed by atoms with E-state index in [1.807, 2.05) is 48.5 Å². The number of ether oxygens (including phenoxy) is 3. The van der Waals surface area contributed by atoms with E-state index < -0.39 is 0 Å². The van der Waals surface area contributed by atoms with Gasteiger partial charge in [0.1, 0.15) is 17.2 Å². The molecule has 0 unspecified atom stereocenters. The number of rotatable bonds is 6. The number of nitrogens with zero attached hydrogens (tertiary/aromatic N) is 1. The van der Waals surface area contributed by atoms with Crippen LogP contribution >= 0.6 is 0 Å². The van der Waals surface area contributed by atoms with E-state index in [4.69, 9.17) is 19.2 Å². The molecule has 4 aromatic rings. The van der Waals surface area contributed by atoms with Crippen LogP contribution in [0.3, 0.4) is 0 Å². The molecule has 0 saturated carbocycles. The fourth-order valence-corrected chi connectivity index (χ4v) is 3.38. The van der Waals surface area contributed by atoms with Crippen LogP contribution in [0, 0.1) is 0 Å². The third-order valence-corrected chi connectivity index (χ3v) is 4.98. The molecule has 0 radical (unpaired) electrons. The topological polar surface area (TPSA) is 69.7 Å². The molecule has 0 aliphatic heterocycles. The van der Waals surface area contributed by atoms with Crippen molar-refractivity contribution in [1.29, 1.82) is 0 Å². The number of para-hydroxylation sites is 1. The van der Waals surface area contributed by atoms with Crippen LogP contribution in [0.25, 0.3) is 22.2 Å². The molecule has 0 aliphatic rings. The van der Waals surface area contributed by atoms with Crippen LogP contribution in [0.1, 0.15) is 10.4 Å². The van der Waals surface area contributed by atoms with Crippen molar-refractivity contribution in [3.8, 4) is 28.5 Å². The van der Waals surface area contributed by atoms with Gasteiger partial charge in [-0.1, -0.05) is 30.3 Å². The van der Waals surface area contributed by atoms with E-state index in [0.29, 0.717) is 28.4 Å². The molecule has 31 heavy (non-hydrogen) atoms. The summed E-state index contributed by atoms with van der Waals surface area (Å²) in [4.78, 5) is 18.1. The fourth-order valence-electron chi connectivity index (χ4n) is 3.38. The van der Waals surface area contributed by atoms with Gasteiger partial charge in [0.05, 0.1) is 43.8 Å². The number of fused-ring (bicyclic) bond motifs is 1. The molecule has 4 rings (SSSR count). The number of hydrogen-bond donors (Lipinski definition) is 1. The maximum Gasteiger partial charge on any atom is 0.256 e. The zero-order valence-electron chi connectivity index (χ0n) is 17.5. The van der Waals surface area contributed by atoms with Gasteiger partial charge >= 0.3 is 0 Å². The molecule has 1 amide bonds. The highest BCUT2D eigenvalue weighted by Gasteiger charge is 2.16. The molecule has 0 spiro atoms. The van der Waals surface area contributed by atoms with Gasteiger partial charge < -0.3 is 19.5 Å². The van der Waals surface area contributed by atoms with Crippen molar-refractivity contribution in [2.45, 2.75) is 0 Å². The van der Waals surface area contributed by atoms with E-state index in [1.165, 1.54) is 0 Å². The number of benzene rings is 3. The van der Waals surface area contributed by atoms with E-state index in [9.17, 15) is 4.79 Å². The molecule has 0 saturated heterocycles. The number of anilines is 1. The van der Waals surface area contributed by atoms with E-state index in [2.05, 4.69) is 5.32 Å². The van der Waals surface area contributed by atoms with Gasteiger partial charge in [-0.15, -0.1) is 0 Å². The van der Waals surface area contributed by atoms with Gasteiger partial charge in [-0.2, -0.15) is 0 Å². The summed E-state index contributed by atoms with van der Waals surface area (Å²) in [6.07, 6.45) is 0. The first-order valence-electron chi connectivity index (χ1n) is 9.70. The van der Waals surface area contributed by atoms with Crippen LogP contribution in [-0.2, 0) is 0 Å². The SMILES string of the molecule is COc1cccc(-c2cc(C(=O)Nc3ccc(OC)cc3OC)c3ccccc3n2)c1. The fraction of sp³-hybridized carbons (Fsp3) is 0.120.